The van der Waals surface area contributed by atoms with Gasteiger partial charge in [0, 0.05) is 24.0 Å². The Kier molecular flexibility index (Phi) is 3.87. The Hall–Kier alpha value is -1.58. The van der Waals surface area contributed by atoms with Crippen LogP contribution in [0.15, 0.2) is 21.2 Å². The van der Waals surface area contributed by atoms with Gasteiger partial charge in [0.25, 0.3) is 0 Å². The van der Waals surface area contributed by atoms with E-state index in [1.807, 2.05) is 6.07 Å². The van der Waals surface area contributed by atoms with Crippen molar-refractivity contribution in [3.8, 4) is 6.07 Å². The molecule has 2 aromatic rings. The molecule has 1 fully saturated rings. The van der Waals surface area contributed by atoms with Crippen LogP contribution in [0.4, 0.5) is 5.82 Å². The Morgan fingerprint density at radius 3 is 2.95 bits per heavy atom. The summed E-state index contributed by atoms with van der Waals surface area (Å²) in [7, 11) is 4.22. The summed E-state index contributed by atoms with van der Waals surface area (Å²) in [4.78, 5) is 6.62. The zero-order chi connectivity index (χ0) is 15.0. The van der Waals surface area contributed by atoms with Crippen LogP contribution in [-0.4, -0.2) is 36.6 Å². The molecule has 0 bridgehead atoms. The molecule has 0 spiro atoms. The molecular formula is C15H17BrN4O. The molecule has 0 saturated heterocycles. The summed E-state index contributed by atoms with van der Waals surface area (Å²) in [5.74, 6) is 1.89. The first-order chi connectivity index (χ1) is 10.1. The van der Waals surface area contributed by atoms with Crippen molar-refractivity contribution in [1.82, 2.24) is 9.88 Å². The number of anilines is 1. The Morgan fingerprint density at radius 1 is 1.52 bits per heavy atom. The maximum Gasteiger partial charge on any atom is 0.204 e. The van der Waals surface area contributed by atoms with Crippen LogP contribution in [-0.2, 0) is 0 Å². The van der Waals surface area contributed by atoms with Gasteiger partial charge in [-0.1, -0.05) is 0 Å². The number of nitrogens with zero attached hydrogens (tertiary/aromatic N) is 3. The summed E-state index contributed by atoms with van der Waals surface area (Å²) in [6.07, 6.45) is 4.00. The SMILES string of the molecule is CN(C)CC1CC(Nc2ncc3oc(C#N)cc3c2Br)C1. The molecular weight excluding hydrogens is 332 g/mol. The molecule has 0 amide bonds. The first-order valence-corrected chi connectivity index (χ1v) is 7.75. The highest BCUT2D eigenvalue weighted by atomic mass is 79.9. The predicted molar refractivity (Wildman–Crippen MR) is 85.1 cm³/mol. The summed E-state index contributed by atoms with van der Waals surface area (Å²) in [6.45, 7) is 1.14. The summed E-state index contributed by atoms with van der Waals surface area (Å²) >= 11 is 3.56. The molecule has 1 saturated carbocycles. The fourth-order valence-electron chi connectivity index (χ4n) is 2.85. The monoisotopic (exact) mass is 348 g/mol. The standard InChI is InChI=1S/C15H17BrN4O/c1-20(2)8-9-3-10(4-9)19-15-14(16)12-5-11(6-17)21-13(12)7-18-15/h5,7,9-10H,3-4,8H2,1-2H3,(H,18,19). The molecule has 0 aromatic carbocycles. The van der Waals surface area contributed by atoms with Gasteiger partial charge in [-0.3, -0.25) is 0 Å². The smallest absolute Gasteiger partial charge is 0.204 e. The van der Waals surface area contributed by atoms with Crippen molar-refractivity contribution in [2.45, 2.75) is 18.9 Å². The fourth-order valence-corrected chi connectivity index (χ4v) is 3.37. The number of pyridine rings is 1. The maximum absolute atomic E-state index is 8.89. The van der Waals surface area contributed by atoms with Crippen molar-refractivity contribution in [3.63, 3.8) is 0 Å². The minimum absolute atomic E-state index is 0.305. The molecule has 21 heavy (non-hydrogen) atoms. The van der Waals surface area contributed by atoms with E-state index in [0.29, 0.717) is 17.4 Å². The minimum atomic E-state index is 0.305. The molecule has 2 aromatic heterocycles. The Morgan fingerprint density at radius 2 is 2.29 bits per heavy atom. The van der Waals surface area contributed by atoms with E-state index < -0.39 is 0 Å². The normalized spacial score (nSPS) is 21.3. The van der Waals surface area contributed by atoms with Crippen LogP contribution < -0.4 is 5.32 Å². The minimum Gasteiger partial charge on any atom is -0.444 e. The van der Waals surface area contributed by atoms with E-state index in [9.17, 15) is 0 Å². The first kappa shape index (κ1) is 14.4. The lowest BCUT2D eigenvalue weighted by Crippen LogP contribution is -2.40. The third kappa shape index (κ3) is 2.89. The summed E-state index contributed by atoms with van der Waals surface area (Å²) in [5.41, 5.74) is 0.628. The molecule has 1 N–H and O–H groups in total. The molecule has 1 aliphatic rings. The third-order valence-corrected chi connectivity index (χ3v) is 4.63. The van der Waals surface area contributed by atoms with Crippen LogP contribution in [0.3, 0.4) is 0 Å². The second kappa shape index (κ2) is 5.66. The van der Waals surface area contributed by atoms with Gasteiger partial charge in [0.15, 0.2) is 5.58 Å². The number of hydrogen-bond donors (Lipinski definition) is 1. The van der Waals surface area contributed by atoms with Crippen molar-refractivity contribution < 1.29 is 4.42 Å². The van der Waals surface area contributed by atoms with Crippen LogP contribution in [0, 0.1) is 17.2 Å². The van der Waals surface area contributed by atoms with Gasteiger partial charge in [-0.25, -0.2) is 4.98 Å². The Balaban J connectivity index is 1.71. The molecule has 0 atom stereocenters. The van der Waals surface area contributed by atoms with E-state index in [1.54, 1.807) is 12.3 Å². The number of halogens is 1. The largest absolute Gasteiger partial charge is 0.444 e. The number of furan rings is 1. The van der Waals surface area contributed by atoms with E-state index in [-0.39, 0.29) is 0 Å². The molecule has 6 heteroatoms. The lowest BCUT2D eigenvalue weighted by molar-refractivity contribution is 0.212. The van der Waals surface area contributed by atoms with Crippen LogP contribution >= 0.6 is 15.9 Å². The molecule has 0 unspecified atom stereocenters. The molecule has 0 radical (unpaired) electrons. The molecule has 3 rings (SSSR count). The van der Waals surface area contributed by atoms with Gasteiger partial charge >= 0.3 is 0 Å². The molecule has 5 nitrogen and oxygen atoms in total. The number of fused-ring (bicyclic) bond motifs is 1. The van der Waals surface area contributed by atoms with Gasteiger partial charge in [0.2, 0.25) is 5.76 Å². The first-order valence-electron chi connectivity index (χ1n) is 6.96. The topological polar surface area (TPSA) is 65.1 Å². The second-order valence-corrected chi connectivity index (χ2v) is 6.66. The predicted octanol–water partition coefficient (Wildman–Crippen LogP) is 3.21. The maximum atomic E-state index is 8.89. The van der Waals surface area contributed by atoms with E-state index in [1.165, 1.54) is 12.8 Å². The van der Waals surface area contributed by atoms with Crippen LogP contribution in [0.25, 0.3) is 11.0 Å². The van der Waals surface area contributed by atoms with Crippen molar-refractivity contribution in [2.75, 3.05) is 26.0 Å². The van der Waals surface area contributed by atoms with Crippen molar-refractivity contribution in [3.05, 3.63) is 22.5 Å². The van der Waals surface area contributed by atoms with Gasteiger partial charge in [-0.05, 0) is 48.8 Å². The van der Waals surface area contributed by atoms with E-state index in [2.05, 4.69) is 45.2 Å². The molecule has 2 heterocycles. The van der Waals surface area contributed by atoms with E-state index >= 15 is 0 Å². The van der Waals surface area contributed by atoms with Crippen LogP contribution in [0.2, 0.25) is 0 Å². The second-order valence-electron chi connectivity index (χ2n) is 5.86. The van der Waals surface area contributed by atoms with Gasteiger partial charge in [0.1, 0.15) is 11.9 Å². The van der Waals surface area contributed by atoms with Gasteiger partial charge < -0.3 is 14.6 Å². The fraction of sp³-hybridized carbons (Fsp3) is 0.467. The zero-order valence-corrected chi connectivity index (χ0v) is 13.6. The highest BCUT2D eigenvalue weighted by Crippen LogP contribution is 2.35. The number of hydrogen-bond acceptors (Lipinski definition) is 5. The average molecular weight is 349 g/mol. The average Bonchev–Trinajstić information content (AvgIpc) is 2.82. The van der Waals surface area contributed by atoms with Gasteiger partial charge in [-0.15, -0.1) is 0 Å². The van der Waals surface area contributed by atoms with Crippen LogP contribution in [0.1, 0.15) is 18.6 Å². The highest BCUT2D eigenvalue weighted by molar-refractivity contribution is 9.10. The lowest BCUT2D eigenvalue weighted by atomic mass is 9.80. The number of rotatable bonds is 4. The number of aromatic nitrogens is 1. The Labute approximate surface area is 132 Å². The van der Waals surface area contributed by atoms with Gasteiger partial charge in [-0.2, -0.15) is 5.26 Å². The third-order valence-electron chi connectivity index (χ3n) is 3.83. The number of nitrogens with one attached hydrogen (secondary N) is 1. The van der Waals surface area contributed by atoms with Crippen molar-refractivity contribution >= 4 is 32.7 Å². The molecule has 110 valence electrons. The van der Waals surface area contributed by atoms with E-state index in [0.717, 1.165) is 28.1 Å². The highest BCUT2D eigenvalue weighted by Gasteiger charge is 2.30. The summed E-state index contributed by atoms with van der Waals surface area (Å²) < 4.78 is 6.23. The molecule has 0 aliphatic heterocycles. The molecule has 1 aliphatic carbocycles. The summed E-state index contributed by atoms with van der Waals surface area (Å²) in [6, 6.07) is 4.22. The lowest BCUT2D eigenvalue weighted by Gasteiger charge is -2.37. The van der Waals surface area contributed by atoms with Crippen molar-refractivity contribution in [1.29, 1.82) is 5.26 Å². The summed E-state index contributed by atoms with van der Waals surface area (Å²) in [5, 5.41) is 13.2. The quantitative estimate of drug-likeness (QED) is 0.918. The van der Waals surface area contributed by atoms with E-state index in [4.69, 9.17) is 9.68 Å². The zero-order valence-electron chi connectivity index (χ0n) is 12.1. The Bertz CT molecular complexity index is 697. The van der Waals surface area contributed by atoms with Crippen molar-refractivity contribution in [2.24, 2.45) is 5.92 Å². The van der Waals surface area contributed by atoms with Crippen LogP contribution in [0.5, 0.6) is 0 Å². The number of nitriles is 1. The van der Waals surface area contributed by atoms with Gasteiger partial charge in [0.05, 0.1) is 10.7 Å².